The Bertz CT molecular complexity index is 292. The predicted molar refractivity (Wildman–Crippen MR) is 69.0 cm³/mol. The lowest BCUT2D eigenvalue weighted by molar-refractivity contribution is -0.146. The highest BCUT2D eigenvalue weighted by atomic mass is 16.5. The number of rotatable bonds is 5. The van der Waals surface area contributed by atoms with Gasteiger partial charge in [-0.25, -0.2) is 0 Å². The molecule has 0 spiro atoms. The summed E-state index contributed by atoms with van der Waals surface area (Å²) in [6.07, 6.45) is 3.68. The highest BCUT2D eigenvalue weighted by Gasteiger charge is 2.27. The monoisotopic (exact) mass is 256 g/mol. The summed E-state index contributed by atoms with van der Waals surface area (Å²) in [5.74, 6) is -0.146. The van der Waals surface area contributed by atoms with Gasteiger partial charge in [-0.05, 0) is 33.1 Å². The third-order valence-electron chi connectivity index (χ3n) is 3.21. The minimum atomic E-state index is -0.131. The van der Waals surface area contributed by atoms with E-state index < -0.39 is 0 Å². The van der Waals surface area contributed by atoms with Gasteiger partial charge in [0.2, 0.25) is 5.91 Å². The molecule has 1 amide bonds. The first-order chi connectivity index (χ1) is 8.52. The fourth-order valence-electron chi connectivity index (χ4n) is 2.37. The van der Waals surface area contributed by atoms with E-state index in [1.54, 1.807) is 0 Å². The Morgan fingerprint density at radius 2 is 2.06 bits per heavy atom. The number of amides is 1. The van der Waals surface area contributed by atoms with Gasteiger partial charge in [0.05, 0.1) is 19.6 Å². The standard InChI is InChI=1S/C13H24N2O3/c1-9(2)15-12(16)8-14-11-6-4-5-10(7-11)13(17)18-3/h9-11,14H,4-8H2,1-3H3,(H,15,16). The van der Waals surface area contributed by atoms with Gasteiger partial charge in [-0.3, -0.25) is 9.59 Å². The van der Waals surface area contributed by atoms with E-state index in [-0.39, 0.29) is 29.9 Å². The van der Waals surface area contributed by atoms with Crippen LogP contribution in [0, 0.1) is 5.92 Å². The van der Waals surface area contributed by atoms with Crippen molar-refractivity contribution in [3.63, 3.8) is 0 Å². The van der Waals surface area contributed by atoms with Crippen molar-refractivity contribution in [1.29, 1.82) is 0 Å². The summed E-state index contributed by atoms with van der Waals surface area (Å²) in [5, 5.41) is 6.05. The number of nitrogens with one attached hydrogen (secondary N) is 2. The molecule has 0 aromatic carbocycles. The van der Waals surface area contributed by atoms with Crippen LogP contribution >= 0.6 is 0 Å². The minimum absolute atomic E-state index is 0.00481. The van der Waals surface area contributed by atoms with Crippen LogP contribution < -0.4 is 10.6 Å². The average Bonchev–Trinajstić information content (AvgIpc) is 2.35. The zero-order valence-electron chi connectivity index (χ0n) is 11.5. The summed E-state index contributed by atoms with van der Waals surface area (Å²) < 4.78 is 4.77. The normalized spacial score (nSPS) is 23.8. The summed E-state index contributed by atoms with van der Waals surface area (Å²) in [4.78, 5) is 23.0. The summed E-state index contributed by atoms with van der Waals surface area (Å²) in [6.45, 7) is 4.19. The Hall–Kier alpha value is -1.10. The van der Waals surface area contributed by atoms with Crippen molar-refractivity contribution in [2.24, 2.45) is 5.92 Å². The van der Waals surface area contributed by atoms with Crippen LogP contribution in [0.2, 0.25) is 0 Å². The fourth-order valence-corrected chi connectivity index (χ4v) is 2.37. The lowest BCUT2D eigenvalue weighted by Gasteiger charge is -2.28. The number of ether oxygens (including phenoxy) is 1. The van der Waals surface area contributed by atoms with Crippen LogP contribution in [-0.2, 0) is 14.3 Å². The molecule has 0 heterocycles. The van der Waals surface area contributed by atoms with E-state index in [9.17, 15) is 9.59 Å². The molecule has 1 rings (SSSR count). The summed E-state index contributed by atoms with van der Waals surface area (Å²) in [5.41, 5.74) is 0. The molecular weight excluding hydrogens is 232 g/mol. The fraction of sp³-hybridized carbons (Fsp3) is 0.846. The summed E-state index contributed by atoms with van der Waals surface area (Å²) in [7, 11) is 1.43. The Morgan fingerprint density at radius 3 is 2.67 bits per heavy atom. The second kappa shape index (κ2) is 7.36. The summed E-state index contributed by atoms with van der Waals surface area (Å²) >= 11 is 0. The number of carbonyl (C=O) groups excluding carboxylic acids is 2. The second-order valence-corrected chi connectivity index (χ2v) is 5.19. The maximum atomic E-state index is 11.5. The van der Waals surface area contributed by atoms with Gasteiger partial charge < -0.3 is 15.4 Å². The van der Waals surface area contributed by atoms with Crippen molar-refractivity contribution >= 4 is 11.9 Å². The highest BCUT2D eigenvalue weighted by molar-refractivity contribution is 5.78. The van der Waals surface area contributed by atoms with E-state index >= 15 is 0 Å². The molecule has 0 radical (unpaired) electrons. The van der Waals surface area contributed by atoms with E-state index in [1.165, 1.54) is 7.11 Å². The highest BCUT2D eigenvalue weighted by Crippen LogP contribution is 2.25. The smallest absolute Gasteiger partial charge is 0.308 e. The summed E-state index contributed by atoms with van der Waals surface area (Å²) in [6, 6.07) is 0.397. The zero-order chi connectivity index (χ0) is 13.5. The third kappa shape index (κ3) is 5.04. The van der Waals surface area contributed by atoms with Crippen molar-refractivity contribution < 1.29 is 14.3 Å². The van der Waals surface area contributed by atoms with Gasteiger partial charge in [0.25, 0.3) is 0 Å². The van der Waals surface area contributed by atoms with Crippen molar-refractivity contribution in [1.82, 2.24) is 10.6 Å². The van der Waals surface area contributed by atoms with Crippen molar-refractivity contribution in [2.45, 2.75) is 51.6 Å². The lowest BCUT2D eigenvalue weighted by Crippen LogP contribution is -2.43. The number of hydrogen-bond donors (Lipinski definition) is 2. The van der Waals surface area contributed by atoms with Crippen LogP contribution in [0.1, 0.15) is 39.5 Å². The van der Waals surface area contributed by atoms with E-state index in [0.717, 1.165) is 25.7 Å². The SMILES string of the molecule is COC(=O)C1CCCC(NCC(=O)NC(C)C)C1. The molecule has 1 aliphatic rings. The molecule has 5 nitrogen and oxygen atoms in total. The maximum absolute atomic E-state index is 11.5. The van der Waals surface area contributed by atoms with E-state index in [4.69, 9.17) is 4.74 Å². The van der Waals surface area contributed by atoms with Crippen molar-refractivity contribution in [3.05, 3.63) is 0 Å². The number of hydrogen-bond acceptors (Lipinski definition) is 4. The largest absolute Gasteiger partial charge is 0.469 e. The van der Waals surface area contributed by atoms with Crippen LogP contribution in [0.5, 0.6) is 0 Å². The lowest BCUT2D eigenvalue weighted by atomic mass is 9.86. The van der Waals surface area contributed by atoms with Crippen LogP contribution in [-0.4, -0.2) is 37.6 Å². The van der Waals surface area contributed by atoms with Crippen LogP contribution in [0.15, 0.2) is 0 Å². The molecule has 0 aromatic rings. The van der Waals surface area contributed by atoms with E-state index in [1.807, 2.05) is 13.8 Å². The van der Waals surface area contributed by atoms with Gasteiger partial charge in [-0.15, -0.1) is 0 Å². The molecule has 0 saturated heterocycles. The Balaban J connectivity index is 2.30. The molecule has 5 heteroatoms. The first-order valence-corrected chi connectivity index (χ1v) is 6.63. The molecule has 2 N–H and O–H groups in total. The first-order valence-electron chi connectivity index (χ1n) is 6.63. The molecule has 1 saturated carbocycles. The number of methoxy groups -OCH3 is 1. The van der Waals surface area contributed by atoms with Crippen LogP contribution in [0.3, 0.4) is 0 Å². The van der Waals surface area contributed by atoms with Gasteiger partial charge in [0, 0.05) is 12.1 Å². The molecule has 0 bridgehead atoms. The maximum Gasteiger partial charge on any atom is 0.308 e. The van der Waals surface area contributed by atoms with Gasteiger partial charge in [0.15, 0.2) is 0 Å². The molecule has 0 aliphatic heterocycles. The molecule has 2 atom stereocenters. The van der Waals surface area contributed by atoms with Crippen molar-refractivity contribution in [2.75, 3.05) is 13.7 Å². The topological polar surface area (TPSA) is 67.4 Å². The molecule has 1 fully saturated rings. The Morgan fingerprint density at radius 1 is 1.33 bits per heavy atom. The molecule has 104 valence electrons. The van der Waals surface area contributed by atoms with Crippen LogP contribution in [0.4, 0.5) is 0 Å². The number of esters is 1. The molecule has 1 aliphatic carbocycles. The minimum Gasteiger partial charge on any atom is -0.469 e. The zero-order valence-corrected chi connectivity index (χ0v) is 11.5. The second-order valence-electron chi connectivity index (χ2n) is 5.19. The van der Waals surface area contributed by atoms with E-state index in [0.29, 0.717) is 6.54 Å². The molecule has 2 unspecified atom stereocenters. The van der Waals surface area contributed by atoms with Gasteiger partial charge in [0.1, 0.15) is 0 Å². The Labute approximate surface area is 109 Å². The number of carbonyl (C=O) groups is 2. The molecule has 18 heavy (non-hydrogen) atoms. The van der Waals surface area contributed by atoms with Gasteiger partial charge >= 0.3 is 5.97 Å². The average molecular weight is 256 g/mol. The van der Waals surface area contributed by atoms with Crippen LogP contribution in [0.25, 0.3) is 0 Å². The molecular formula is C13H24N2O3. The van der Waals surface area contributed by atoms with Gasteiger partial charge in [-0.1, -0.05) is 6.42 Å². The third-order valence-corrected chi connectivity index (χ3v) is 3.21. The molecule has 0 aromatic heterocycles. The Kier molecular flexibility index (Phi) is 6.12. The quantitative estimate of drug-likeness (QED) is 0.715. The van der Waals surface area contributed by atoms with E-state index in [2.05, 4.69) is 10.6 Å². The van der Waals surface area contributed by atoms with Gasteiger partial charge in [-0.2, -0.15) is 0 Å². The van der Waals surface area contributed by atoms with Crippen molar-refractivity contribution in [3.8, 4) is 0 Å². The first kappa shape index (κ1) is 15.0. The predicted octanol–water partition coefficient (Wildman–Crippen LogP) is 0.832.